The molecule has 81 heavy (non-hydrogen) atoms. The number of carbonyl (C=O) groups excluding carboxylic acids is 7. The number of primary amides is 1. The first-order valence-electron chi connectivity index (χ1n) is 28.4. The highest BCUT2D eigenvalue weighted by atomic mass is 19.1. The van der Waals surface area contributed by atoms with E-state index < -0.39 is 29.5 Å². The minimum Gasteiger partial charge on any atom is -0.465 e. The van der Waals surface area contributed by atoms with E-state index in [9.17, 15) is 33.6 Å². The molecule has 5 aliphatic heterocycles. The van der Waals surface area contributed by atoms with Crippen molar-refractivity contribution in [3.63, 3.8) is 0 Å². The van der Waals surface area contributed by atoms with Crippen LogP contribution in [-0.4, -0.2) is 141 Å². The van der Waals surface area contributed by atoms with Gasteiger partial charge in [0.1, 0.15) is 43.3 Å². The molecule has 6 aromatic rings. The number of hydrogen-bond acceptors (Lipinski definition) is 14. The fourth-order valence-electron chi connectivity index (χ4n) is 11.9. The minimum atomic E-state index is -0.648. The van der Waals surface area contributed by atoms with E-state index in [0.29, 0.717) is 110 Å². The van der Waals surface area contributed by atoms with Crippen molar-refractivity contribution >= 4 is 80.5 Å². The van der Waals surface area contributed by atoms with E-state index in [2.05, 4.69) is 43.3 Å². The van der Waals surface area contributed by atoms with Crippen LogP contribution in [0.2, 0.25) is 0 Å². The molecule has 0 atom stereocenters. The van der Waals surface area contributed by atoms with E-state index in [1.807, 2.05) is 29.2 Å². The molecule has 4 bridgehead atoms. The number of rotatable bonds is 21. The van der Waals surface area contributed by atoms with E-state index >= 15 is 4.39 Å². The second-order valence-corrected chi connectivity index (χ2v) is 21.5. The molecule has 8 heterocycles. The van der Waals surface area contributed by atoms with Gasteiger partial charge in [-0.1, -0.05) is 35.5 Å². The minimum absolute atomic E-state index is 0.0250. The lowest BCUT2D eigenvalue weighted by atomic mass is 9.88. The second-order valence-electron chi connectivity index (χ2n) is 21.5. The molecule has 0 unspecified atom stereocenters. The van der Waals surface area contributed by atoms with Gasteiger partial charge in [0, 0.05) is 86.3 Å². The van der Waals surface area contributed by atoms with Crippen molar-refractivity contribution < 1.29 is 42.7 Å². The van der Waals surface area contributed by atoms with Crippen molar-refractivity contribution in [3.05, 3.63) is 89.8 Å². The summed E-state index contributed by atoms with van der Waals surface area (Å²) in [5.41, 5.74) is 10.4. The van der Waals surface area contributed by atoms with Gasteiger partial charge >= 0.3 is 11.9 Å². The molecule has 11 rings (SSSR count). The molecule has 5 aliphatic rings. The van der Waals surface area contributed by atoms with Crippen LogP contribution in [0, 0.1) is 5.82 Å². The number of esters is 1. The molecule has 22 nitrogen and oxygen atoms in total. The summed E-state index contributed by atoms with van der Waals surface area (Å²) in [5.74, 6) is -1.90. The Bertz CT molecular complexity index is 3340. The number of anilines is 3. The highest BCUT2D eigenvalue weighted by Crippen LogP contribution is 2.42. The molecule has 3 saturated heterocycles. The number of nitrogens with one attached hydrogen (secondary N) is 4. The molecule has 426 valence electrons. The first-order valence-corrected chi connectivity index (χ1v) is 28.4. The van der Waals surface area contributed by atoms with Crippen LogP contribution in [0.4, 0.5) is 21.7 Å². The fourth-order valence-corrected chi connectivity index (χ4v) is 11.9. The lowest BCUT2D eigenvalue weighted by molar-refractivity contribution is -0.143. The van der Waals surface area contributed by atoms with E-state index in [1.165, 1.54) is 18.1 Å². The molecule has 0 saturated carbocycles. The van der Waals surface area contributed by atoms with E-state index in [-0.39, 0.29) is 78.6 Å². The number of nitrogens with two attached hydrogens (primary N) is 1. The number of unbranched alkanes of at least 4 members (excludes halogenated alkanes) is 2. The fraction of sp³-hybridized carbons (Fsp3) is 0.466. The number of carbonyl (C=O) groups is 7. The predicted molar refractivity (Wildman–Crippen MR) is 301 cm³/mol. The molecular formula is C58H70FN14O8+. The predicted octanol–water partition coefficient (Wildman–Crippen LogP) is 5.33. The number of quaternary nitrogens is 1. The second kappa shape index (κ2) is 25.0. The molecule has 6 amide bonds. The summed E-state index contributed by atoms with van der Waals surface area (Å²) in [5, 5.41) is 22.1. The summed E-state index contributed by atoms with van der Waals surface area (Å²) in [7, 11) is 0. The lowest BCUT2D eigenvalue weighted by Crippen LogP contribution is -2.65. The summed E-state index contributed by atoms with van der Waals surface area (Å²) < 4.78 is 22.4. The van der Waals surface area contributed by atoms with Gasteiger partial charge in [-0.2, -0.15) is 5.10 Å². The molecule has 6 N–H and O–H groups in total. The van der Waals surface area contributed by atoms with Crippen LogP contribution in [0.3, 0.4) is 0 Å². The highest BCUT2D eigenvalue weighted by molar-refractivity contribution is 6.01. The molecule has 3 aromatic heterocycles. The number of aromatic nitrogens is 6. The van der Waals surface area contributed by atoms with Gasteiger partial charge in [0.05, 0.1) is 43.2 Å². The van der Waals surface area contributed by atoms with Crippen LogP contribution in [0.5, 0.6) is 0 Å². The Morgan fingerprint density at radius 3 is 2.28 bits per heavy atom. The van der Waals surface area contributed by atoms with Crippen LogP contribution < -0.4 is 36.5 Å². The molecular weight excluding hydrogens is 1040 g/mol. The molecule has 23 heteroatoms. The van der Waals surface area contributed by atoms with E-state index in [4.69, 9.17) is 25.7 Å². The Morgan fingerprint density at radius 2 is 1.53 bits per heavy atom. The van der Waals surface area contributed by atoms with Crippen LogP contribution in [-0.2, 0) is 40.0 Å². The van der Waals surface area contributed by atoms with Crippen LogP contribution in [0.25, 0.3) is 32.9 Å². The highest BCUT2D eigenvalue weighted by Gasteiger charge is 2.46. The maximum Gasteiger partial charge on any atom is 0.340 e. The summed E-state index contributed by atoms with van der Waals surface area (Å²) in [4.78, 5) is 105. The van der Waals surface area contributed by atoms with Gasteiger partial charge < -0.3 is 41.5 Å². The van der Waals surface area contributed by atoms with Crippen LogP contribution >= 0.6 is 0 Å². The van der Waals surface area contributed by atoms with Gasteiger partial charge in [-0.05, 0) is 99.2 Å². The van der Waals surface area contributed by atoms with Crippen molar-refractivity contribution in [1.82, 2.24) is 55.1 Å². The first-order chi connectivity index (χ1) is 39.3. The largest absolute Gasteiger partial charge is 0.465 e. The third-order valence-corrected chi connectivity index (χ3v) is 16.2. The van der Waals surface area contributed by atoms with E-state index in [1.54, 1.807) is 40.9 Å². The molecule has 0 aliphatic carbocycles. The topological polar surface area (TPSA) is 271 Å². The van der Waals surface area contributed by atoms with Gasteiger partial charge in [0.2, 0.25) is 23.6 Å². The standard InChI is InChI=1S/C58H69FN14O8/c1-2-81-53(79)35-63-49(75)34-62-50(76)36-71-45-11-9-10-42-43-31-46-40(30-44(43)59)32-65-72(46)73(28-21-39(22-29-73)55(68-71)54(42)45)52(78)18-17-48(74)61-23-6-3-5-12-51(77)70-26-19-38(20-27-70)37-13-15-41(16-14-37)66-58-56(57(60)80)64-33-47(67-58)69-24-7-4-8-25-69/h9-11,13-16,30-33,38-39H,2-8,12,17-29,34-36H2,1H3,(H5-,60,61,62,63,66,67,74,75,76,80)/p+1. The number of piperidine rings is 3. The Labute approximate surface area is 467 Å². The van der Waals surface area contributed by atoms with Gasteiger partial charge in [0.25, 0.3) is 5.91 Å². The van der Waals surface area contributed by atoms with Crippen LogP contribution in [0.1, 0.15) is 124 Å². The summed E-state index contributed by atoms with van der Waals surface area (Å²) in [6, 6.07) is 16.6. The first kappa shape index (κ1) is 56.0. The number of amides is 6. The molecule has 3 aromatic carbocycles. The van der Waals surface area contributed by atoms with Gasteiger partial charge in [-0.25, -0.2) is 19.2 Å². The van der Waals surface area contributed by atoms with Crippen molar-refractivity contribution in [3.8, 4) is 11.1 Å². The average molecular weight is 1110 g/mol. The zero-order valence-corrected chi connectivity index (χ0v) is 45.7. The normalized spacial score (nSPS) is 17.9. The number of nitrogens with zero attached hydrogens (tertiary/aromatic N) is 9. The number of ether oxygens (including phenoxy) is 1. The molecule has 3 fully saturated rings. The third kappa shape index (κ3) is 12.5. The summed E-state index contributed by atoms with van der Waals surface area (Å²) in [6.07, 6.45) is 11.8. The number of hydrogen-bond donors (Lipinski definition) is 5. The Morgan fingerprint density at radius 1 is 0.765 bits per heavy atom. The van der Waals surface area contributed by atoms with Crippen molar-refractivity contribution in [2.75, 3.05) is 75.7 Å². The van der Waals surface area contributed by atoms with Gasteiger partial charge in [-0.3, -0.25) is 33.4 Å². The Hall–Kier alpha value is -8.34. The van der Waals surface area contributed by atoms with Crippen molar-refractivity contribution in [2.45, 2.75) is 109 Å². The number of benzene rings is 3. The number of fused-ring (bicyclic) bond motifs is 2. The molecule has 0 spiro atoms. The van der Waals surface area contributed by atoms with E-state index in [0.717, 1.165) is 56.7 Å². The van der Waals surface area contributed by atoms with Crippen molar-refractivity contribution in [1.29, 1.82) is 0 Å². The summed E-state index contributed by atoms with van der Waals surface area (Å²) >= 11 is 0. The quantitative estimate of drug-likeness (QED) is 0.0347. The van der Waals surface area contributed by atoms with Crippen LogP contribution in [0.15, 0.2) is 67.0 Å². The summed E-state index contributed by atoms with van der Waals surface area (Å²) in [6.45, 7) is 5.14. The zero-order valence-electron chi connectivity index (χ0n) is 45.7. The maximum atomic E-state index is 16.2. The zero-order chi connectivity index (χ0) is 56.6. The van der Waals surface area contributed by atoms with Gasteiger partial charge in [-0.15, -0.1) is 9.69 Å². The number of likely N-dealkylation sites (tertiary alicyclic amines) is 1. The smallest absolute Gasteiger partial charge is 0.340 e. The molecule has 0 radical (unpaired) electrons. The Kier molecular flexibility index (Phi) is 17.3. The van der Waals surface area contributed by atoms with Gasteiger partial charge in [0.15, 0.2) is 11.5 Å². The van der Waals surface area contributed by atoms with Crippen molar-refractivity contribution in [2.24, 2.45) is 5.73 Å². The third-order valence-electron chi connectivity index (χ3n) is 16.2. The Balaban J connectivity index is 0.683. The monoisotopic (exact) mass is 1110 g/mol. The number of halogens is 1. The average Bonchev–Trinajstić information content (AvgIpc) is 4.27. The SMILES string of the molecule is CCOC(=O)CNC(=O)CNC(=O)Cn1nc2c3c(cccc31)-c1cc3c(cnn3[N+]3(C(=O)CCC(=O)NCCCCCC(=O)N4CCC(c5ccc(Nc6nc(N7CCCCC7)cnc6C(N)=O)cc5)CC4)CCC2CC3)cc1F. The lowest BCUT2D eigenvalue weighted by Gasteiger charge is -2.39. The maximum absolute atomic E-state index is 16.2.